The van der Waals surface area contributed by atoms with Gasteiger partial charge in [-0.05, 0) is 78.4 Å². The monoisotopic (exact) mass is 564 g/mol. The second-order valence-electron chi connectivity index (χ2n) is 13.3. The van der Waals surface area contributed by atoms with Gasteiger partial charge in [0.25, 0.3) is 0 Å². The lowest BCUT2D eigenvalue weighted by Gasteiger charge is -2.34. The average molecular weight is 565 g/mol. The first-order chi connectivity index (χ1) is 19.6. The van der Waals surface area contributed by atoms with Crippen LogP contribution in [0.15, 0.2) is 105 Å². The van der Waals surface area contributed by atoms with E-state index in [0.717, 1.165) is 59.1 Å². The molecule has 0 amide bonds. The molecular formula is C40H52O2. The molecule has 42 heavy (non-hydrogen) atoms. The second-order valence-corrected chi connectivity index (χ2v) is 13.3. The number of allylic oxidation sites excluding steroid dienone is 16. The van der Waals surface area contributed by atoms with E-state index in [1.54, 1.807) is 0 Å². The lowest BCUT2D eigenvalue weighted by Crippen LogP contribution is -2.28. The van der Waals surface area contributed by atoms with Crippen LogP contribution >= 0.6 is 0 Å². The molecule has 2 N–H and O–H groups in total. The maximum Gasteiger partial charge on any atom is 0.0586 e. The summed E-state index contributed by atoms with van der Waals surface area (Å²) in [6.45, 7) is 21.1. The highest BCUT2D eigenvalue weighted by atomic mass is 16.3. The Labute approximate surface area is 256 Å². The van der Waals surface area contributed by atoms with Crippen molar-refractivity contribution in [1.82, 2.24) is 0 Å². The zero-order chi connectivity index (χ0) is 31.5. The van der Waals surface area contributed by atoms with E-state index < -0.39 is 0 Å². The van der Waals surface area contributed by atoms with Crippen LogP contribution in [0.3, 0.4) is 0 Å². The van der Waals surface area contributed by atoms with Crippen molar-refractivity contribution in [1.29, 1.82) is 0 Å². The van der Waals surface area contributed by atoms with E-state index in [4.69, 9.17) is 0 Å². The molecule has 0 fully saturated rings. The Morgan fingerprint density at radius 2 is 0.976 bits per heavy atom. The Balaban J connectivity index is 1.93. The van der Waals surface area contributed by atoms with E-state index in [1.165, 1.54) is 11.1 Å². The standard InChI is InChI=1S/C40H52O2/c1-29(17-13-19-31(3)21-23-37-33(5)25-35(41)27-39(37,7)8)15-11-12-16-30(2)18-14-20-32(4)22-24-38-34(6)26-36(42)28-40(38,9)10/h11-20,35-36,41-42H,25-28H2,1-10H3/b12-11+,17-13+,18-14+,29-15-,30-16+,31-19+,32-20-/t35-,36-/m1/s1. The molecule has 0 aromatic rings. The highest BCUT2D eigenvalue weighted by Gasteiger charge is 2.33. The molecule has 0 saturated heterocycles. The Kier molecular flexibility index (Phi) is 13.1. The topological polar surface area (TPSA) is 40.5 Å². The van der Waals surface area contributed by atoms with Crippen LogP contribution in [0.4, 0.5) is 0 Å². The molecule has 2 atom stereocenters. The van der Waals surface area contributed by atoms with E-state index in [9.17, 15) is 10.2 Å². The van der Waals surface area contributed by atoms with E-state index in [2.05, 4.69) is 103 Å². The van der Waals surface area contributed by atoms with Crippen LogP contribution in [0.2, 0.25) is 0 Å². The van der Waals surface area contributed by atoms with Crippen LogP contribution in [-0.4, -0.2) is 22.4 Å². The molecule has 2 aliphatic carbocycles. The third kappa shape index (κ3) is 11.5. The summed E-state index contributed by atoms with van der Waals surface area (Å²) in [5.74, 6) is 13.3. The van der Waals surface area contributed by atoms with Crippen LogP contribution in [-0.2, 0) is 0 Å². The summed E-state index contributed by atoms with van der Waals surface area (Å²) in [5.41, 5.74) is 8.91. The van der Waals surface area contributed by atoms with E-state index in [1.807, 2.05) is 50.3 Å². The van der Waals surface area contributed by atoms with Gasteiger partial charge in [-0.3, -0.25) is 0 Å². The first kappa shape index (κ1) is 34.9. The second kappa shape index (κ2) is 15.8. The first-order valence-corrected chi connectivity index (χ1v) is 15.1. The van der Waals surface area contributed by atoms with Gasteiger partial charge in [0.05, 0.1) is 12.2 Å². The van der Waals surface area contributed by atoms with Crippen molar-refractivity contribution in [2.75, 3.05) is 0 Å². The Morgan fingerprint density at radius 3 is 1.31 bits per heavy atom. The lowest BCUT2D eigenvalue weighted by molar-refractivity contribution is 0.116. The highest BCUT2D eigenvalue weighted by Crippen LogP contribution is 2.40. The number of hydrogen-bond acceptors (Lipinski definition) is 2. The predicted molar refractivity (Wildman–Crippen MR) is 181 cm³/mol. The van der Waals surface area contributed by atoms with Crippen LogP contribution in [0.25, 0.3) is 0 Å². The third-order valence-corrected chi connectivity index (χ3v) is 7.79. The minimum absolute atomic E-state index is 0.0840. The molecule has 2 nitrogen and oxygen atoms in total. The van der Waals surface area contributed by atoms with E-state index >= 15 is 0 Å². The quantitative estimate of drug-likeness (QED) is 0.249. The molecule has 0 aliphatic heterocycles. The predicted octanol–water partition coefficient (Wildman–Crippen LogP) is 9.44. The summed E-state index contributed by atoms with van der Waals surface area (Å²) in [7, 11) is 0. The van der Waals surface area contributed by atoms with E-state index in [-0.39, 0.29) is 23.0 Å². The zero-order valence-corrected chi connectivity index (χ0v) is 27.7. The fourth-order valence-corrected chi connectivity index (χ4v) is 5.76. The van der Waals surface area contributed by atoms with Crippen LogP contribution < -0.4 is 0 Å². The van der Waals surface area contributed by atoms with Crippen LogP contribution in [0.5, 0.6) is 0 Å². The molecule has 0 unspecified atom stereocenters. The lowest BCUT2D eigenvalue weighted by atomic mass is 9.72. The third-order valence-electron chi connectivity index (χ3n) is 7.79. The molecule has 0 spiro atoms. The van der Waals surface area contributed by atoms with Gasteiger partial charge in [0.2, 0.25) is 0 Å². The largest absolute Gasteiger partial charge is 0.393 e. The molecule has 224 valence electrons. The smallest absolute Gasteiger partial charge is 0.0586 e. The van der Waals surface area contributed by atoms with Gasteiger partial charge < -0.3 is 10.2 Å². The van der Waals surface area contributed by atoms with Crippen molar-refractivity contribution < 1.29 is 10.2 Å². The molecule has 0 heterocycles. The fraction of sp³-hybridized carbons (Fsp3) is 0.450. The first-order valence-electron chi connectivity index (χ1n) is 15.1. The van der Waals surface area contributed by atoms with Crippen molar-refractivity contribution in [3.8, 4) is 23.7 Å². The van der Waals surface area contributed by atoms with Crippen molar-refractivity contribution >= 4 is 0 Å². The SMILES string of the molecule is CC1=C(C#C\C(C)=C/C=C/C(C)=C/C=C/C=C(C)\C=C\C=C(/C)C#CC2=C(C)C[C@@H](O)CC2(C)C)C(C)(C)C[C@H](O)C1. The summed E-state index contributed by atoms with van der Waals surface area (Å²) in [5, 5.41) is 20.2. The minimum Gasteiger partial charge on any atom is -0.393 e. The van der Waals surface area contributed by atoms with Gasteiger partial charge >= 0.3 is 0 Å². The van der Waals surface area contributed by atoms with Crippen LogP contribution in [0, 0.1) is 34.5 Å². The molecule has 0 bridgehead atoms. The van der Waals surface area contributed by atoms with Gasteiger partial charge in [-0.15, -0.1) is 0 Å². The number of rotatable bonds is 6. The summed E-state index contributed by atoms with van der Waals surface area (Å²) in [4.78, 5) is 0. The maximum atomic E-state index is 10.1. The Hall–Kier alpha value is -3.30. The zero-order valence-electron chi connectivity index (χ0n) is 27.7. The maximum absolute atomic E-state index is 10.1. The molecule has 2 heteroatoms. The van der Waals surface area contributed by atoms with E-state index in [0.29, 0.717) is 0 Å². The molecule has 2 rings (SSSR count). The molecule has 0 aromatic heterocycles. The summed E-state index contributed by atoms with van der Waals surface area (Å²) in [6.07, 6.45) is 23.0. The average Bonchev–Trinajstić information content (AvgIpc) is 2.84. The molecule has 0 aromatic carbocycles. The molecule has 0 saturated carbocycles. The Bertz CT molecular complexity index is 1290. The van der Waals surface area contributed by atoms with Crippen LogP contribution in [0.1, 0.15) is 94.9 Å². The Morgan fingerprint density at radius 1 is 0.619 bits per heavy atom. The fourth-order valence-electron chi connectivity index (χ4n) is 5.76. The summed E-state index contributed by atoms with van der Waals surface area (Å²) in [6, 6.07) is 0. The number of aliphatic hydroxyl groups excluding tert-OH is 2. The van der Waals surface area contributed by atoms with Gasteiger partial charge in [0.1, 0.15) is 0 Å². The highest BCUT2D eigenvalue weighted by molar-refractivity contribution is 5.46. The number of hydrogen-bond donors (Lipinski definition) is 2. The van der Waals surface area contributed by atoms with Crippen molar-refractivity contribution in [2.45, 2.75) is 107 Å². The van der Waals surface area contributed by atoms with Crippen molar-refractivity contribution in [2.24, 2.45) is 10.8 Å². The van der Waals surface area contributed by atoms with Gasteiger partial charge in [0.15, 0.2) is 0 Å². The number of aliphatic hydroxyl groups is 2. The summed E-state index contributed by atoms with van der Waals surface area (Å²) >= 11 is 0. The van der Waals surface area contributed by atoms with Crippen molar-refractivity contribution in [3.63, 3.8) is 0 Å². The molecule has 2 aliphatic rings. The van der Waals surface area contributed by atoms with Gasteiger partial charge in [-0.2, -0.15) is 0 Å². The van der Waals surface area contributed by atoms with Crippen molar-refractivity contribution in [3.05, 3.63) is 105 Å². The van der Waals surface area contributed by atoms with Gasteiger partial charge in [-0.25, -0.2) is 0 Å². The molecular weight excluding hydrogens is 512 g/mol. The summed E-state index contributed by atoms with van der Waals surface area (Å²) < 4.78 is 0. The van der Waals surface area contributed by atoms with Gasteiger partial charge in [-0.1, -0.05) is 134 Å². The normalized spacial score (nSPS) is 23.9. The van der Waals surface area contributed by atoms with Gasteiger partial charge in [0, 0.05) is 22.0 Å². The minimum atomic E-state index is -0.263. The molecule has 0 radical (unpaired) electrons.